The van der Waals surface area contributed by atoms with Crippen molar-refractivity contribution >= 4 is 5.91 Å². The van der Waals surface area contributed by atoms with Crippen LogP contribution in [0.2, 0.25) is 0 Å². The summed E-state index contributed by atoms with van der Waals surface area (Å²) in [6.07, 6.45) is 7.30. The van der Waals surface area contributed by atoms with Crippen LogP contribution in [-0.2, 0) is 11.2 Å². The molecule has 0 bridgehead atoms. The van der Waals surface area contributed by atoms with Crippen LogP contribution in [0.15, 0.2) is 47.2 Å². The lowest BCUT2D eigenvalue weighted by atomic mass is 10.1. The summed E-state index contributed by atoms with van der Waals surface area (Å²) in [7, 11) is 0. The first-order valence-corrected chi connectivity index (χ1v) is 9.65. The lowest BCUT2D eigenvalue weighted by Crippen LogP contribution is -2.30. The molecule has 3 aromatic rings. The second-order valence-corrected chi connectivity index (χ2v) is 7.19. The maximum atomic E-state index is 12.4. The smallest absolute Gasteiger partial charge is 0.226 e. The Hall–Kier alpha value is -3.09. The predicted octanol–water partition coefficient (Wildman–Crippen LogP) is 3.43. The number of hydrogen-bond donors (Lipinski definition) is 1. The number of carbonyl (C=O) groups is 1. The number of amides is 1. The van der Waals surface area contributed by atoms with E-state index in [-0.39, 0.29) is 11.9 Å². The van der Waals surface area contributed by atoms with E-state index in [0.717, 1.165) is 29.8 Å². The van der Waals surface area contributed by atoms with Crippen molar-refractivity contribution in [3.63, 3.8) is 0 Å². The molecule has 28 heavy (non-hydrogen) atoms. The lowest BCUT2D eigenvalue weighted by Gasteiger charge is -2.18. The number of aryl methyl sites for hydroxylation is 2. The van der Waals surface area contributed by atoms with Crippen molar-refractivity contribution in [2.45, 2.75) is 45.1 Å². The zero-order valence-corrected chi connectivity index (χ0v) is 15.8. The fourth-order valence-electron chi connectivity index (χ4n) is 3.21. The van der Waals surface area contributed by atoms with Crippen molar-refractivity contribution in [2.24, 2.45) is 5.92 Å². The SMILES string of the molecule is Cc1cccc(C(NC(=O)CCCc2nc(-c3cccnc3)no2)C2CC2)n1. The normalized spacial score (nSPS) is 14.6. The molecule has 1 aliphatic carbocycles. The average Bonchev–Trinajstić information content (AvgIpc) is 3.44. The number of aromatic nitrogens is 4. The molecule has 1 fully saturated rings. The molecular formula is C21H23N5O2. The Morgan fingerprint density at radius 1 is 1.25 bits per heavy atom. The van der Waals surface area contributed by atoms with Crippen LogP contribution in [0.25, 0.3) is 11.4 Å². The molecule has 3 heterocycles. The van der Waals surface area contributed by atoms with Gasteiger partial charge >= 0.3 is 0 Å². The molecular weight excluding hydrogens is 354 g/mol. The molecule has 3 aromatic heterocycles. The molecule has 144 valence electrons. The van der Waals surface area contributed by atoms with Gasteiger partial charge in [-0.3, -0.25) is 14.8 Å². The molecule has 0 aliphatic heterocycles. The van der Waals surface area contributed by atoms with Gasteiger partial charge in [-0.05, 0) is 56.4 Å². The van der Waals surface area contributed by atoms with Gasteiger partial charge in [0.25, 0.3) is 0 Å². The van der Waals surface area contributed by atoms with Crippen molar-refractivity contribution in [3.05, 3.63) is 60.0 Å². The fraction of sp³-hybridized carbons (Fsp3) is 0.381. The molecule has 0 aromatic carbocycles. The maximum Gasteiger partial charge on any atom is 0.226 e. The Balaban J connectivity index is 1.29. The third-order valence-corrected chi connectivity index (χ3v) is 4.82. The van der Waals surface area contributed by atoms with Crippen molar-refractivity contribution < 1.29 is 9.32 Å². The summed E-state index contributed by atoms with van der Waals surface area (Å²) in [5, 5.41) is 7.14. The molecule has 1 aliphatic rings. The van der Waals surface area contributed by atoms with E-state index in [1.807, 2.05) is 37.3 Å². The van der Waals surface area contributed by atoms with Crippen LogP contribution in [0.5, 0.6) is 0 Å². The number of nitrogens with one attached hydrogen (secondary N) is 1. The predicted molar refractivity (Wildman–Crippen MR) is 103 cm³/mol. The second-order valence-electron chi connectivity index (χ2n) is 7.19. The summed E-state index contributed by atoms with van der Waals surface area (Å²) in [6, 6.07) is 9.68. The van der Waals surface area contributed by atoms with Crippen LogP contribution >= 0.6 is 0 Å². The number of pyridine rings is 2. The molecule has 1 N–H and O–H groups in total. The monoisotopic (exact) mass is 377 g/mol. The largest absolute Gasteiger partial charge is 0.347 e. The minimum Gasteiger partial charge on any atom is -0.347 e. The molecule has 1 amide bonds. The third kappa shape index (κ3) is 4.60. The first-order chi connectivity index (χ1) is 13.7. The topological polar surface area (TPSA) is 93.8 Å². The Morgan fingerprint density at radius 2 is 2.14 bits per heavy atom. The minimum absolute atomic E-state index is 0.00740. The molecule has 1 saturated carbocycles. The van der Waals surface area contributed by atoms with Gasteiger partial charge in [-0.15, -0.1) is 0 Å². The highest BCUT2D eigenvalue weighted by atomic mass is 16.5. The van der Waals surface area contributed by atoms with Gasteiger partial charge < -0.3 is 9.84 Å². The standard InChI is InChI=1S/C21H23N5O2/c1-14-5-2-7-17(23-14)20(15-10-11-15)24-18(27)8-3-9-19-25-21(26-28-19)16-6-4-12-22-13-16/h2,4-7,12-13,15,20H,3,8-11H2,1H3,(H,24,27). The van der Waals surface area contributed by atoms with Gasteiger partial charge in [0.2, 0.25) is 17.6 Å². The van der Waals surface area contributed by atoms with E-state index in [9.17, 15) is 4.79 Å². The average molecular weight is 377 g/mol. The highest BCUT2D eigenvalue weighted by Gasteiger charge is 2.34. The zero-order chi connectivity index (χ0) is 19.3. The van der Waals surface area contributed by atoms with Crippen molar-refractivity contribution in [1.29, 1.82) is 0 Å². The Kier molecular flexibility index (Phi) is 5.41. The molecule has 1 atom stereocenters. The molecule has 7 nitrogen and oxygen atoms in total. The summed E-state index contributed by atoms with van der Waals surface area (Å²) in [6.45, 7) is 1.97. The summed E-state index contributed by atoms with van der Waals surface area (Å²) in [5.41, 5.74) is 2.74. The third-order valence-electron chi connectivity index (χ3n) is 4.82. The Morgan fingerprint density at radius 3 is 2.89 bits per heavy atom. The van der Waals surface area contributed by atoms with Crippen molar-refractivity contribution in [3.8, 4) is 11.4 Å². The molecule has 1 unspecified atom stereocenters. The molecule has 7 heteroatoms. The van der Waals surface area contributed by atoms with E-state index >= 15 is 0 Å². The van der Waals surface area contributed by atoms with Gasteiger partial charge in [0, 0.05) is 36.5 Å². The molecule has 0 spiro atoms. The van der Waals surface area contributed by atoms with Crippen molar-refractivity contribution in [2.75, 3.05) is 0 Å². The number of nitrogens with zero attached hydrogens (tertiary/aromatic N) is 4. The van der Waals surface area contributed by atoms with Gasteiger partial charge in [-0.1, -0.05) is 11.2 Å². The zero-order valence-electron chi connectivity index (χ0n) is 15.8. The lowest BCUT2D eigenvalue weighted by molar-refractivity contribution is -0.122. The summed E-state index contributed by atoms with van der Waals surface area (Å²) < 4.78 is 5.28. The van der Waals surface area contributed by atoms with E-state index in [2.05, 4.69) is 25.4 Å². The van der Waals surface area contributed by atoms with E-state index in [4.69, 9.17) is 4.52 Å². The molecule has 0 radical (unpaired) electrons. The first-order valence-electron chi connectivity index (χ1n) is 9.65. The van der Waals surface area contributed by atoms with Gasteiger partial charge in [-0.25, -0.2) is 0 Å². The molecule has 4 rings (SSSR count). The highest BCUT2D eigenvalue weighted by Crippen LogP contribution is 2.40. The van der Waals surface area contributed by atoms with Gasteiger partial charge in [0.05, 0.1) is 11.7 Å². The van der Waals surface area contributed by atoms with Crippen LogP contribution < -0.4 is 5.32 Å². The van der Waals surface area contributed by atoms with Gasteiger partial charge in [-0.2, -0.15) is 4.98 Å². The number of carbonyl (C=O) groups excluding carboxylic acids is 1. The van der Waals surface area contributed by atoms with Gasteiger partial charge in [0.1, 0.15) is 0 Å². The quantitative estimate of drug-likeness (QED) is 0.646. The van der Waals surface area contributed by atoms with Crippen LogP contribution in [0, 0.1) is 12.8 Å². The van der Waals surface area contributed by atoms with E-state index < -0.39 is 0 Å². The van der Waals surface area contributed by atoms with E-state index in [1.165, 1.54) is 0 Å². The van der Waals surface area contributed by atoms with E-state index in [1.54, 1.807) is 12.4 Å². The van der Waals surface area contributed by atoms with Crippen LogP contribution in [0.4, 0.5) is 0 Å². The summed E-state index contributed by atoms with van der Waals surface area (Å²) in [5.74, 6) is 1.58. The highest BCUT2D eigenvalue weighted by molar-refractivity contribution is 5.76. The second kappa shape index (κ2) is 8.29. The summed E-state index contributed by atoms with van der Waals surface area (Å²) >= 11 is 0. The van der Waals surface area contributed by atoms with Crippen molar-refractivity contribution in [1.82, 2.24) is 25.4 Å². The van der Waals surface area contributed by atoms with E-state index in [0.29, 0.717) is 36.9 Å². The van der Waals surface area contributed by atoms with Gasteiger partial charge in [0.15, 0.2) is 0 Å². The first kappa shape index (κ1) is 18.3. The van der Waals surface area contributed by atoms with Crippen LogP contribution in [0.1, 0.15) is 49.0 Å². The number of rotatable bonds is 8. The van der Waals surface area contributed by atoms with Crippen LogP contribution in [-0.4, -0.2) is 26.0 Å². The fourth-order valence-corrected chi connectivity index (χ4v) is 3.21. The Bertz CT molecular complexity index is 937. The number of hydrogen-bond acceptors (Lipinski definition) is 6. The van der Waals surface area contributed by atoms with Crippen LogP contribution in [0.3, 0.4) is 0 Å². The minimum atomic E-state index is 0.00740. The molecule has 0 saturated heterocycles. The summed E-state index contributed by atoms with van der Waals surface area (Å²) in [4.78, 5) is 25.5. The Labute approximate surface area is 163 Å². The maximum absolute atomic E-state index is 12.4.